The summed E-state index contributed by atoms with van der Waals surface area (Å²) in [7, 11) is 0. The Labute approximate surface area is 89.7 Å². The van der Waals surface area contributed by atoms with Crippen LogP contribution in [0.25, 0.3) is 0 Å². The molecule has 2 atom stereocenters. The lowest BCUT2D eigenvalue weighted by molar-refractivity contribution is 0.247. The van der Waals surface area contributed by atoms with Gasteiger partial charge < -0.3 is 5.32 Å². The molecule has 1 heteroatoms. The fourth-order valence-electron chi connectivity index (χ4n) is 2.37. The molecule has 0 bridgehead atoms. The summed E-state index contributed by atoms with van der Waals surface area (Å²) in [6, 6.07) is 0. The summed E-state index contributed by atoms with van der Waals surface area (Å²) in [4.78, 5) is 0. The maximum Gasteiger partial charge on any atom is -0.00180 e. The van der Waals surface area contributed by atoms with E-state index in [0.717, 1.165) is 17.8 Å². The standard InChI is InChI=1S/C13H27N/c1-11(2)8-9-14-10-13-7-5-4-6-12(13)3/h11-14H,4-10H2,1-3H3. The van der Waals surface area contributed by atoms with E-state index >= 15 is 0 Å². The predicted octanol–water partition coefficient (Wildman–Crippen LogP) is 3.45. The minimum atomic E-state index is 0.839. The van der Waals surface area contributed by atoms with Crippen molar-refractivity contribution in [2.24, 2.45) is 17.8 Å². The van der Waals surface area contributed by atoms with Crippen LogP contribution >= 0.6 is 0 Å². The van der Waals surface area contributed by atoms with Gasteiger partial charge in [-0.1, -0.05) is 40.0 Å². The van der Waals surface area contributed by atoms with E-state index < -0.39 is 0 Å². The normalized spacial score (nSPS) is 28.3. The van der Waals surface area contributed by atoms with Gasteiger partial charge in [-0.2, -0.15) is 0 Å². The maximum absolute atomic E-state index is 3.62. The SMILES string of the molecule is CC(C)CCNCC1CCCCC1C. The zero-order chi connectivity index (χ0) is 10.4. The molecule has 0 radical (unpaired) electrons. The molecular formula is C13H27N. The van der Waals surface area contributed by atoms with Crippen LogP contribution in [0.5, 0.6) is 0 Å². The van der Waals surface area contributed by atoms with Crippen LogP contribution in [0.1, 0.15) is 52.9 Å². The summed E-state index contributed by atoms with van der Waals surface area (Å²) in [6.45, 7) is 9.48. The fraction of sp³-hybridized carbons (Fsp3) is 1.00. The monoisotopic (exact) mass is 197 g/mol. The van der Waals surface area contributed by atoms with Crippen LogP contribution in [-0.4, -0.2) is 13.1 Å². The van der Waals surface area contributed by atoms with Gasteiger partial charge in [-0.25, -0.2) is 0 Å². The zero-order valence-corrected chi connectivity index (χ0v) is 10.2. The highest BCUT2D eigenvalue weighted by Gasteiger charge is 2.20. The summed E-state index contributed by atoms with van der Waals surface area (Å²) in [6.07, 6.45) is 7.15. The molecule has 1 fully saturated rings. The van der Waals surface area contributed by atoms with E-state index in [1.165, 1.54) is 45.2 Å². The molecule has 2 unspecified atom stereocenters. The summed E-state index contributed by atoms with van der Waals surface area (Å²) >= 11 is 0. The molecule has 1 aliphatic carbocycles. The summed E-state index contributed by atoms with van der Waals surface area (Å²) in [5.74, 6) is 2.75. The quantitative estimate of drug-likeness (QED) is 0.666. The van der Waals surface area contributed by atoms with Crippen molar-refractivity contribution in [1.82, 2.24) is 5.32 Å². The van der Waals surface area contributed by atoms with Crippen LogP contribution in [0.4, 0.5) is 0 Å². The van der Waals surface area contributed by atoms with Gasteiger partial charge in [0.05, 0.1) is 0 Å². The molecule has 0 heterocycles. The van der Waals surface area contributed by atoms with Gasteiger partial charge in [0.15, 0.2) is 0 Å². The first-order chi connectivity index (χ1) is 6.70. The van der Waals surface area contributed by atoms with Gasteiger partial charge >= 0.3 is 0 Å². The van der Waals surface area contributed by atoms with Gasteiger partial charge in [-0.3, -0.25) is 0 Å². The summed E-state index contributed by atoms with van der Waals surface area (Å²) in [5, 5.41) is 3.62. The topological polar surface area (TPSA) is 12.0 Å². The van der Waals surface area contributed by atoms with E-state index in [9.17, 15) is 0 Å². The van der Waals surface area contributed by atoms with Crippen LogP contribution in [0.15, 0.2) is 0 Å². The average molecular weight is 197 g/mol. The lowest BCUT2D eigenvalue weighted by atomic mass is 9.80. The van der Waals surface area contributed by atoms with E-state index in [1.807, 2.05) is 0 Å². The van der Waals surface area contributed by atoms with Crippen molar-refractivity contribution in [3.05, 3.63) is 0 Å². The second-order valence-corrected chi connectivity index (χ2v) is 5.41. The van der Waals surface area contributed by atoms with E-state index in [2.05, 4.69) is 26.1 Å². The second kappa shape index (κ2) is 6.44. The minimum absolute atomic E-state index is 0.839. The number of nitrogens with one attached hydrogen (secondary N) is 1. The first kappa shape index (κ1) is 12.0. The highest BCUT2D eigenvalue weighted by Crippen LogP contribution is 2.28. The molecule has 0 aromatic rings. The Bertz CT molecular complexity index is 142. The summed E-state index contributed by atoms with van der Waals surface area (Å²) in [5.41, 5.74) is 0. The Balaban J connectivity index is 2.04. The Hall–Kier alpha value is -0.0400. The van der Waals surface area contributed by atoms with E-state index in [-0.39, 0.29) is 0 Å². The molecule has 1 rings (SSSR count). The van der Waals surface area contributed by atoms with Crippen molar-refractivity contribution in [3.8, 4) is 0 Å². The number of hydrogen-bond donors (Lipinski definition) is 1. The van der Waals surface area contributed by atoms with Crippen molar-refractivity contribution in [2.45, 2.75) is 52.9 Å². The molecule has 0 amide bonds. The van der Waals surface area contributed by atoms with Crippen molar-refractivity contribution in [2.75, 3.05) is 13.1 Å². The smallest absolute Gasteiger partial charge is 0.00180 e. The second-order valence-electron chi connectivity index (χ2n) is 5.41. The highest BCUT2D eigenvalue weighted by atomic mass is 14.9. The first-order valence-corrected chi connectivity index (χ1v) is 6.41. The largest absolute Gasteiger partial charge is 0.316 e. The molecule has 14 heavy (non-hydrogen) atoms. The van der Waals surface area contributed by atoms with Crippen LogP contribution in [0.3, 0.4) is 0 Å². The van der Waals surface area contributed by atoms with E-state index in [0.29, 0.717) is 0 Å². The molecule has 1 nitrogen and oxygen atoms in total. The molecule has 1 aliphatic rings. The van der Waals surface area contributed by atoms with Crippen molar-refractivity contribution in [1.29, 1.82) is 0 Å². The average Bonchev–Trinajstić information content (AvgIpc) is 2.15. The third kappa shape index (κ3) is 4.45. The molecule has 0 aromatic carbocycles. The fourth-order valence-corrected chi connectivity index (χ4v) is 2.37. The molecule has 0 aliphatic heterocycles. The lowest BCUT2D eigenvalue weighted by Gasteiger charge is -2.29. The number of hydrogen-bond acceptors (Lipinski definition) is 1. The number of rotatable bonds is 5. The molecule has 0 saturated heterocycles. The van der Waals surface area contributed by atoms with E-state index in [1.54, 1.807) is 0 Å². The third-order valence-electron chi connectivity index (χ3n) is 3.59. The molecular weight excluding hydrogens is 170 g/mol. The van der Waals surface area contributed by atoms with Gasteiger partial charge in [-0.05, 0) is 43.7 Å². The van der Waals surface area contributed by atoms with Gasteiger partial charge in [0.2, 0.25) is 0 Å². The van der Waals surface area contributed by atoms with Crippen LogP contribution in [0.2, 0.25) is 0 Å². The van der Waals surface area contributed by atoms with Crippen molar-refractivity contribution >= 4 is 0 Å². The molecule has 0 aromatic heterocycles. The zero-order valence-electron chi connectivity index (χ0n) is 10.2. The Kier molecular flexibility index (Phi) is 5.54. The maximum atomic E-state index is 3.62. The molecule has 1 N–H and O–H groups in total. The van der Waals surface area contributed by atoms with Crippen LogP contribution in [0, 0.1) is 17.8 Å². The molecule has 0 spiro atoms. The van der Waals surface area contributed by atoms with Crippen molar-refractivity contribution in [3.63, 3.8) is 0 Å². The Morgan fingerprint density at radius 3 is 2.57 bits per heavy atom. The van der Waals surface area contributed by atoms with Crippen molar-refractivity contribution < 1.29 is 0 Å². The van der Waals surface area contributed by atoms with Gasteiger partial charge in [0.1, 0.15) is 0 Å². The predicted molar refractivity (Wildman–Crippen MR) is 63.4 cm³/mol. The molecule has 1 saturated carbocycles. The van der Waals surface area contributed by atoms with Gasteiger partial charge in [-0.15, -0.1) is 0 Å². The van der Waals surface area contributed by atoms with Crippen LogP contribution < -0.4 is 5.32 Å². The van der Waals surface area contributed by atoms with E-state index in [4.69, 9.17) is 0 Å². The highest BCUT2D eigenvalue weighted by molar-refractivity contribution is 4.74. The third-order valence-corrected chi connectivity index (χ3v) is 3.59. The minimum Gasteiger partial charge on any atom is -0.316 e. The Morgan fingerprint density at radius 2 is 1.93 bits per heavy atom. The first-order valence-electron chi connectivity index (χ1n) is 6.41. The molecule has 84 valence electrons. The Morgan fingerprint density at radius 1 is 1.21 bits per heavy atom. The lowest BCUT2D eigenvalue weighted by Crippen LogP contribution is -2.30. The van der Waals surface area contributed by atoms with Crippen LogP contribution in [-0.2, 0) is 0 Å². The van der Waals surface area contributed by atoms with Gasteiger partial charge in [0, 0.05) is 0 Å². The van der Waals surface area contributed by atoms with Gasteiger partial charge in [0.25, 0.3) is 0 Å². The summed E-state index contributed by atoms with van der Waals surface area (Å²) < 4.78 is 0.